The van der Waals surface area contributed by atoms with Gasteiger partial charge in [-0.3, -0.25) is 9.36 Å². The van der Waals surface area contributed by atoms with Gasteiger partial charge in [0.15, 0.2) is 34.6 Å². The molecule has 0 amide bonds. The molecule has 0 fully saturated rings. The molecule has 6 aromatic heterocycles. The van der Waals surface area contributed by atoms with Crippen molar-refractivity contribution >= 4 is 0 Å². The normalized spacial score (nSPS) is 12.4. The molecule has 2 aromatic carbocycles. The maximum Gasteiger partial charge on any atom is 0.433 e. The lowest BCUT2D eigenvalue weighted by atomic mass is 10.0. The summed E-state index contributed by atoms with van der Waals surface area (Å²) >= 11 is 0. The first-order valence-corrected chi connectivity index (χ1v) is 19.4. The molecule has 0 aliphatic carbocycles. The Labute approximate surface area is 365 Å². The number of para-hydroxylation sites is 2. The lowest BCUT2D eigenvalue weighted by molar-refractivity contribution is -0.145. The van der Waals surface area contributed by atoms with E-state index >= 15 is 0 Å². The van der Waals surface area contributed by atoms with Crippen LogP contribution >= 0.6 is 0 Å². The third-order valence-corrected chi connectivity index (χ3v) is 9.37. The molecule has 8 rings (SSSR count). The monoisotopic (exact) mass is 904 g/mol. The first-order valence-electron chi connectivity index (χ1n) is 19.4. The molecule has 65 heavy (non-hydrogen) atoms. The lowest BCUT2D eigenvalue weighted by Crippen LogP contribution is -2.29. The number of halogens is 6. The van der Waals surface area contributed by atoms with Gasteiger partial charge in [-0.15, -0.1) is 0 Å². The second-order valence-corrected chi connectivity index (χ2v) is 14.8. The van der Waals surface area contributed by atoms with Crippen molar-refractivity contribution in [2.45, 2.75) is 57.9 Å². The summed E-state index contributed by atoms with van der Waals surface area (Å²) in [4.78, 5) is 16.8. The van der Waals surface area contributed by atoms with E-state index in [4.69, 9.17) is 18.5 Å². The fraction of sp³-hybridized carbons (Fsp3) is 0.256. The topological polar surface area (TPSA) is 198 Å². The number of methoxy groups -OCH3 is 2. The van der Waals surface area contributed by atoms with E-state index in [9.17, 15) is 36.6 Å². The second-order valence-electron chi connectivity index (χ2n) is 14.8. The van der Waals surface area contributed by atoms with Crippen molar-refractivity contribution in [3.8, 4) is 79.4 Å². The van der Waals surface area contributed by atoms with Crippen molar-refractivity contribution in [2.75, 3.05) is 14.2 Å². The van der Waals surface area contributed by atoms with Gasteiger partial charge in [0, 0.05) is 35.9 Å². The average molecular weight is 905 g/mol. The highest BCUT2D eigenvalue weighted by molar-refractivity contribution is 5.91. The molecule has 6 heterocycles. The largest absolute Gasteiger partial charge is 0.496 e. The molecular weight excluding hydrogens is 867 g/mol. The van der Waals surface area contributed by atoms with Crippen molar-refractivity contribution in [3.63, 3.8) is 0 Å². The van der Waals surface area contributed by atoms with Gasteiger partial charge in [-0.05, 0) is 57.2 Å². The fourth-order valence-electron chi connectivity index (χ4n) is 6.84. The number of nitrogens with zero attached hydrogens (tertiary/aromatic N) is 10. The van der Waals surface area contributed by atoms with E-state index in [0.29, 0.717) is 32.0 Å². The van der Waals surface area contributed by atoms with Gasteiger partial charge in [0.2, 0.25) is 0 Å². The molecule has 2 N–H and O–H groups in total. The van der Waals surface area contributed by atoms with Gasteiger partial charge in [0.05, 0.1) is 73.7 Å². The van der Waals surface area contributed by atoms with Crippen LogP contribution in [0.5, 0.6) is 11.5 Å². The van der Waals surface area contributed by atoms with Crippen molar-refractivity contribution in [1.82, 2.24) is 49.8 Å². The van der Waals surface area contributed by atoms with Crippen molar-refractivity contribution in [1.29, 1.82) is 0 Å². The highest BCUT2D eigenvalue weighted by atomic mass is 19.4. The van der Waals surface area contributed by atoms with Gasteiger partial charge < -0.3 is 28.7 Å². The SMILES string of the molecule is COc1ccccc1-c1noc(-c2cnn(CC(C)(C)O)c2C(F)(F)F)c1-c1ncccn1.COc1ccccc1-c1noc(-c2cnn(C[C@@H](C)O)c2C(F)(F)F)c1-c1ncccn1. The molecule has 16 nitrogen and oxygen atoms in total. The molecule has 1 atom stereocenters. The molecular formula is C43H38F6N10O6. The van der Waals surface area contributed by atoms with Gasteiger partial charge >= 0.3 is 12.4 Å². The Balaban J connectivity index is 0.000000194. The predicted octanol–water partition coefficient (Wildman–Crippen LogP) is 8.53. The van der Waals surface area contributed by atoms with E-state index < -0.39 is 35.4 Å². The van der Waals surface area contributed by atoms with Crippen LogP contribution < -0.4 is 9.47 Å². The van der Waals surface area contributed by atoms with Gasteiger partial charge in [-0.2, -0.15) is 36.5 Å². The molecule has 0 aliphatic rings. The maximum absolute atomic E-state index is 14.1. The third kappa shape index (κ3) is 9.72. The lowest BCUT2D eigenvalue weighted by Gasteiger charge is -2.20. The summed E-state index contributed by atoms with van der Waals surface area (Å²) < 4.78 is 107. The Morgan fingerprint density at radius 3 is 1.40 bits per heavy atom. The highest BCUT2D eigenvalue weighted by Gasteiger charge is 2.43. The number of hydrogen-bond donors (Lipinski definition) is 2. The van der Waals surface area contributed by atoms with Gasteiger partial charge in [-0.1, -0.05) is 34.6 Å². The summed E-state index contributed by atoms with van der Waals surface area (Å²) in [6, 6.07) is 17.0. The average Bonchev–Trinajstić information content (AvgIpc) is 4.08. The summed E-state index contributed by atoms with van der Waals surface area (Å²) in [6.45, 7) is 3.43. The Hall–Kier alpha value is -7.46. The van der Waals surface area contributed by atoms with Gasteiger partial charge in [0.1, 0.15) is 22.9 Å². The van der Waals surface area contributed by atoms with E-state index in [1.54, 1.807) is 60.7 Å². The zero-order chi connectivity index (χ0) is 46.7. The number of alkyl halides is 6. The maximum atomic E-state index is 14.1. The molecule has 338 valence electrons. The predicted molar refractivity (Wildman–Crippen MR) is 219 cm³/mol. The molecule has 0 bridgehead atoms. The van der Waals surface area contributed by atoms with E-state index in [0.717, 1.165) is 12.4 Å². The van der Waals surface area contributed by atoms with Crippen LogP contribution in [0.4, 0.5) is 26.3 Å². The zero-order valence-electron chi connectivity index (χ0n) is 35.0. The van der Waals surface area contributed by atoms with Crippen molar-refractivity contribution < 1.29 is 55.1 Å². The standard InChI is InChI=1S/C22H20F3N5O3.C21H18F3N5O3/c1-21(2,31)12-30-19(22(23,24)25)14(11-28-30)18-16(20-26-9-6-10-27-20)17(29-33-18)13-7-4-5-8-15(13)32-3;1-12(30)11-29-19(21(22,23)24)14(10-27-29)18-16(20-25-8-5-9-26-20)17(28-32-18)13-6-3-4-7-15(13)31-2/h4-11,31H,12H2,1-3H3;3-10,12,30H,11H2,1-2H3/t;12-/m.1/s1. The van der Waals surface area contributed by atoms with E-state index in [2.05, 4.69) is 40.4 Å². The number of ether oxygens (including phenoxy) is 2. The zero-order valence-corrected chi connectivity index (χ0v) is 35.0. The number of aromatic nitrogens is 10. The highest BCUT2D eigenvalue weighted by Crippen LogP contribution is 2.47. The minimum atomic E-state index is -4.79. The van der Waals surface area contributed by atoms with Crippen LogP contribution in [-0.4, -0.2) is 85.9 Å². The molecule has 0 unspecified atom stereocenters. The number of rotatable bonds is 12. The van der Waals surface area contributed by atoms with Crippen molar-refractivity contribution in [3.05, 3.63) is 109 Å². The summed E-state index contributed by atoms with van der Waals surface area (Å²) in [5, 5.41) is 35.5. The third-order valence-electron chi connectivity index (χ3n) is 9.37. The Kier molecular flexibility index (Phi) is 12.8. The van der Waals surface area contributed by atoms with Crippen molar-refractivity contribution in [2.24, 2.45) is 0 Å². The molecule has 0 aliphatic heterocycles. The Morgan fingerprint density at radius 1 is 0.615 bits per heavy atom. The summed E-state index contributed by atoms with van der Waals surface area (Å²) in [7, 11) is 2.95. The summed E-state index contributed by atoms with van der Waals surface area (Å²) in [5.41, 5.74) is -2.51. The van der Waals surface area contributed by atoms with Gasteiger partial charge in [0.25, 0.3) is 0 Å². The molecule has 0 saturated carbocycles. The quantitative estimate of drug-likeness (QED) is 0.111. The number of aliphatic hydroxyl groups excluding tert-OH is 1. The molecule has 8 aromatic rings. The minimum absolute atomic E-state index is 0.123. The fourth-order valence-corrected chi connectivity index (χ4v) is 6.84. The Bertz CT molecular complexity index is 2870. The molecule has 0 spiro atoms. The van der Waals surface area contributed by atoms with Crippen LogP contribution in [0.25, 0.3) is 67.9 Å². The summed E-state index contributed by atoms with van der Waals surface area (Å²) in [6.07, 6.45) is -2.67. The summed E-state index contributed by atoms with van der Waals surface area (Å²) in [5.74, 6) is 0.755. The molecule has 0 radical (unpaired) electrons. The number of aliphatic hydroxyl groups is 2. The van der Waals surface area contributed by atoms with Gasteiger partial charge in [-0.25, -0.2) is 19.9 Å². The first kappa shape index (κ1) is 45.6. The van der Waals surface area contributed by atoms with Crippen LogP contribution in [-0.2, 0) is 25.4 Å². The minimum Gasteiger partial charge on any atom is -0.496 e. The first-order chi connectivity index (χ1) is 30.9. The Morgan fingerprint density at radius 2 is 1.02 bits per heavy atom. The van der Waals surface area contributed by atoms with E-state index in [1.165, 1.54) is 59.8 Å². The smallest absolute Gasteiger partial charge is 0.433 e. The van der Waals surface area contributed by atoms with E-state index in [1.807, 2.05) is 0 Å². The van der Waals surface area contributed by atoms with Crippen LogP contribution in [0, 0.1) is 0 Å². The van der Waals surface area contributed by atoms with Crippen LogP contribution in [0.15, 0.2) is 107 Å². The molecule has 0 saturated heterocycles. The number of hydrogen-bond acceptors (Lipinski definition) is 14. The van der Waals surface area contributed by atoms with E-state index in [-0.39, 0.29) is 69.9 Å². The second kappa shape index (κ2) is 18.3. The van der Waals surface area contributed by atoms with Crippen LogP contribution in [0.3, 0.4) is 0 Å². The van der Waals surface area contributed by atoms with Crippen LogP contribution in [0.1, 0.15) is 32.2 Å². The number of benzene rings is 2. The van der Waals surface area contributed by atoms with Crippen LogP contribution in [0.2, 0.25) is 0 Å². The molecule has 22 heteroatoms.